The Kier molecular flexibility index (Phi) is 5.95. The van der Waals surface area contributed by atoms with Crippen LogP contribution in [0.2, 0.25) is 0 Å². The van der Waals surface area contributed by atoms with Crippen molar-refractivity contribution in [1.82, 2.24) is 14.7 Å². The molecule has 2 heterocycles. The van der Waals surface area contributed by atoms with Crippen LogP contribution in [0.25, 0.3) is 10.6 Å². The molecular formula is C13H15ClN4O3S. The number of rotatable bonds is 5. The highest BCUT2D eigenvalue weighted by Gasteiger charge is 2.29. The summed E-state index contributed by atoms with van der Waals surface area (Å²) >= 11 is 1.29. The summed E-state index contributed by atoms with van der Waals surface area (Å²) in [4.78, 5) is 26.9. The van der Waals surface area contributed by atoms with Crippen LogP contribution in [0.15, 0.2) is 30.9 Å². The Labute approximate surface area is 137 Å². The summed E-state index contributed by atoms with van der Waals surface area (Å²) in [6.07, 6.45) is 4.97. The van der Waals surface area contributed by atoms with Crippen LogP contribution in [0.1, 0.15) is 13.8 Å². The number of pyridine rings is 1. The number of hydrogen-bond acceptors (Lipinski definition) is 5. The van der Waals surface area contributed by atoms with E-state index in [0.717, 1.165) is 10.6 Å². The fourth-order valence-electron chi connectivity index (χ4n) is 1.61. The van der Waals surface area contributed by atoms with Crippen LogP contribution in [0.4, 0.5) is 0 Å². The van der Waals surface area contributed by atoms with Crippen LogP contribution >= 0.6 is 11.5 Å². The van der Waals surface area contributed by atoms with Gasteiger partial charge in [-0.05, 0) is 25.4 Å². The minimum Gasteiger partial charge on any atom is -1.00 e. The second-order valence-corrected chi connectivity index (χ2v) is 5.76. The highest BCUT2D eigenvalue weighted by Crippen LogP contribution is 2.17. The Morgan fingerprint density at radius 3 is 2.50 bits per heavy atom. The molecule has 0 atom stereocenters. The maximum absolute atomic E-state index is 11.8. The van der Waals surface area contributed by atoms with Crippen molar-refractivity contribution in [2.75, 3.05) is 0 Å². The Morgan fingerprint density at radius 2 is 2.00 bits per heavy atom. The van der Waals surface area contributed by atoms with Gasteiger partial charge in [-0.15, -0.1) is 0 Å². The lowest BCUT2D eigenvalue weighted by Crippen LogP contribution is -3.00. The lowest BCUT2D eigenvalue weighted by molar-refractivity contribution is -0.684. The maximum Gasteiger partial charge on any atom is 0.328 e. The molecule has 0 spiro atoms. The van der Waals surface area contributed by atoms with Crippen molar-refractivity contribution in [2.45, 2.75) is 25.9 Å². The van der Waals surface area contributed by atoms with Gasteiger partial charge in [-0.3, -0.25) is 4.79 Å². The number of carbonyl (C=O) groups is 2. The van der Waals surface area contributed by atoms with Gasteiger partial charge in [0.15, 0.2) is 12.4 Å². The number of carbonyl (C=O) groups excluding carboxylic acids is 1. The first-order valence-electron chi connectivity index (χ1n) is 6.19. The fourth-order valence-corrected chi connectivity index (χ4v) is 2.14. The average molecular weight is 343 g/mol. The molecular weight excluding hydrogens is 328 g/mol. The summed E-state index contributed by atoms with van der Waals surface area (Å²) < 4.78 is 5.59. The minimum atomic E-state index is -1.29. The highest BCUT2D eigenvalue weighted by molar-refractivity contribution is 7.09. The molecule has 0 aliphatic heterocycles. The summed E-state index contributed by atoms with van der Waals surface area (Å²) in [5, 5.41) is 12.2. The van der Waals surface area contributed by atoms with Crippen LogP contribution < -0.4 is 22.3 Å². The van der Waals surface area contributed by atoms with Crippen LogP contribution in [0, 0.1) is 0 Å². The smallest absolute Gasteiger partial charge is 0.328 e. The Balaban J connectivity index is 0.00000242. The van der Waals surface area contributed by atoms with Crippen LogP contribution in [-0.2, 0) is 16.1 Å². The molecule has 2 N–H and O–H groups in total. The number of carboxylic acid groups (broad SMARTS) is 1. The van der Waals surface area contributed by atoms with E-state index in [1.165, 1.54) is 31.7 Å². The summed E-state index contributed by atoms with van der Waals surface area (Å²) in [6, 6.07) is 3.66. The number of aliphatic carboxylic acids is 1. The van der Waals surface area contributed by atoms with E-state index in [-0.39, 0.29) is 24.9 Å². The van der Waals surface area contributed by atoms with Gasteiger partial charge in [-0.25, -0.2) is 9.78 Å². The minimum absolute atomic E-state index is 0. The quantitative estimate of drug-likeness (QED) is 0.585. The first-order valence-corrected chi connectivity index (χ1v) is 6.96. The van der Waals surface area contributed by atoms with Crippen molar-refractivity contribution in [1.29, 1.82) is 0 Å². The van der Waals surface area contributed by atoms with E-state index in [1.54, 1.807) is 17.0 Å². The topological polar surface area (TPSA) is 96.1 Å². The predicted molar refractivity (Wildman–Crippen MR) is 75.4 cm³/mol. The average Bonchev–Trinajstić information content (AvgIpc) is 2.92. The first kappa shape index (κ1) is 18.0. The van der Waals surface area contributed by atoms with E-state index in [4.69, 9.17) is 5.11 Å². The van der Waals surface area contributed by atoms with Gasteiger partial charge < -0.3 is 22.8 Å². The van der Waals surface area contributed by atoms with Crippen LogP contribution in [-0.4, -0.2) is 31.9 Å². The molecule has 9 heteroatoms. The first-order chi connectivity index (χ1) is 9.88. The van der Waals surface area contributed by atoms with Gasteiger partial charge in [0.1, 0.15) is 16.9 Å². The molecule has 0 fully saturated rings. The van der Waals surface area contributed by atoms with Gasteiger partial charge in [-0.2, -0.15) is 8.94 Å². The van der Waals surface area contributed by atoms with Gasteiger partial charge in [0, 0.05) is 17.7 Å². The maximum atomic E-state index is 11.8. The third-order valence-electron chi connectivity index (χ3n) is 2.81. The van der Waals surface area contributed by atoms with E-state index >= 15 is 0 Å². The molecule has 2 aromatic heterocycles. The van der Waals surface area contributed by atoms with E-state index < -0.39 is 11.5 Å². The van der Waals surface area contributed by atoms with E-state index in [0.29, 0.717) is 0 Å². The third kappa shape index (κ3) is 4.47. The normalized spacial score (nSPS) is 10.6. The summed E-state index contributed by atoms with van der Waals surface area (Å²) in [6.45, 7) is 2.93. The predicted octanol–water partition coefficient (Wildman–Crippen LogP) is -2.52. The van der Waals surface area contributed by atoms with E-state index in [1.807, 2.05) is 12.1 Å². The molecule has 0 saturated heterocycles. The van der Waals surface area contributed by atoms with Crippen LogP contribution in [0.3, 0.4) is 0 Å². The number of halogens is 1. The Morgan fingerprint density at radius 1 is 1.36 bits per heavy atom. The summed E-state index contributed by atoms with van der Waals surface area (Å²) in [5.41, 5.74) is -0.371. The molecule has 0 aliphatic rings. The van der Waals surface area contributed by atoms with Crippen molar-refractivity contribution in [2.24, 2.45) is 0 Å². The number of carboxylic acids is 1. The van der Waals surface area contributed by atoms with Gasteiger partial charge in [0.25, 0.3) is 5.91 Å². The lowest BCUT2D eigenvalue weighted by Gasteiger charge is -2.19. The lowest BCUT2D eigenvalue weighted by atomic mass is 10.1. The van der Waals surface area contributed by atoms with E-state index in [9.17, 15) is 9.59 Å². The molecule has 2 aromatic rings. The molecule has 2 rings (SSSR count). The molecule has 0 bridgehead atoms. The number of amides is 1. The molecule has 1 amide bonds. The molecule has 0 saturated carbocycles. The molecule has 0 radical (unpaired) electrons. The zero-order valence-corrected chi connectivity index (χ0v) is 13.6. The molecule has 118 valence electrons. The zero-order valence-electron chi connectivity index (χ0n) is 12.0. The highest BCUT2D eigenvalue weighted by atomic mass is 35.5. The number of nitrogens with zero attached hydrogens (tertiary/aromatic N) is 3. The number of nitrogens with one attached hydrogen (secondary N) is 1. The zero-order chi connectivity index (χ0) is 15.5. The molecule has 7 nitrogen and oxygen atoms in total. The number of aromatic nitrogens is 3. The van der Waals surface area contributed by atoms with Crippen LogP contribution in [0.5, 0.6) is 0 Å². The molecule has 22 heavy (non-hydrogen) atoms. The molecule has 0 aromatic carbocycles. The molecule has 0 unspecified atom stereocenters. The Hall–Kier alpha value is -2.06. The van der Waals surface area contributed by atoms with Crippen molar-refractivity contribution in [3.8, 4) is 10.6 Å². The van der Waals surface area contributed by atoms with Gasteiger partial charge in [0.05, 0.1) is 0 Å². The Bertz CT molecular complexity index is 644. The third-order valence-corrected chi connectivity index (χ3v) is 3.53. The number of hydrogen-bond donors (Lipinski definition) is 2. The summed E-state index contributed by atoms with van der Waals surface area (Å²) in [7, 11) is 0. The van der Waals surface area contributed by atoms with Gasteiger partial charge in [0.2, 0.25) is 6.54 Å². The molecule has 0 aliphatic carbocycles. The second-order valence-electron chi connectivity index (χ2n) is 4.98. The monoisotopic (exact) mass is 342 g/mol. The standard InChI is InChI=1S/C13H14N4O3S.ClH/c1-13(2,12(19)20)16-10(18)7-17-5-3-9(4-6-17)11-14-8-15-21-11;/h3-6,8H,7H2,1-2H3,(H-,16,18,19,20);1H. The van der Waals surface area contributed by atoms with Gasteiger partial charge >= 0.3 is 5.97 Å². The van der Waals surface area contributed by atoms with E-state index in [2.05, 4.69) is 14.7 Å². The van der Waals surface area contributed by atoms with Crippen molar-refractivity contribution >= 4 is 23.4 Å². The summed E-state index contributed by atoms with van der Waals surface area (Å²) in [5.74, 6) is -1.44. The van der Waals surface area contributed by atoms with Crippen molar-refractivity contribution < 1.29 is 31.7 Å². The second kappa shape index (κ2) is 7.28. The largest absolute Gasteiger partial charge is 1.00 e. The van der Waals surface area contributed by atoms with Crippen molar-refractivity contribution in [3.05, 3.63) is 30.9 Å². The van der Waals surface area contributed by atoms with Gasteiger partial charge in [-0.1, -0.05) is 0 Å². The SMILES string of the molecule is CC(C)(NC(=O)C[n+]1ccc(-c2ncns2)cc1)C(=O)O.[Cl-]. The fraction of sp³-hybridized carbons (Fsp3) is 0.308. The van der Waals surface area contributed by atoms with Crippen molar-refractivity contribution in [3.63, 3.8) is 0 Å².